The van der Waals surface area contributed by atoms with Crippen molar-refractivity contribution in [3.8, 4) is 11.5 Å². The van der Waals surface area contributed by atoms with Crippen molar-refractivity contribution in [2.75, 3.05) is 11.5 Å². The third-order valence-corrected chi connectivity index (χ3v) is 4.62. The molecule has 1 unspecified atom stereocenters. The SMILES string of the molecule is Nc1cc(-c2nc(C3CCCS3)no2)ccc1Cl. The summed E-state index contributed by atoms with van der Waals surface area (Å²) in [6, 6.07) is 5.32. The van der Waals surface area contributed by atoms with Gasteiger partial charge in [-0.3, -0.25) is 0 Å². The molecule has 1 saturated heterocycles. The number of aromatic nitrogens is 2. The standard InChI is InChI=1S/C12H12ClN3OS/c13-8-4-3-7(6-9(8)14)12-15-11(16-17-12)10-2-1-5-18-10/h3-4,6,10H,1-2,5,14H2. The van der Waals surface area contributed by atoms with E-state index in [1.165, 1.54) is 12.2 Å². The Morgan fingerprint density at radius 1 is 1.44 bits per heavy atom. The molecule has 1 atom stereocenters. The predicted molar refractivity (Wildman–Crippen MR) is 73.6 cm³/mol. The van der Waals surface area contributed by atoms with Crippen molar-refractivity contribution in [3.63, 3.8) is 0 Å². The van der Waals surface area contributed by atoms with Crippen molar-refractivity contribution in [2.45, 2.75) is 18.1 Å². The lowest BCUT2D eigenvalue weighted by atomic mass is 10.2. The maximum Gasteiger partial charge on any atom is 0.258 e. The van der Waals surface area contributed by atoms with Crippen molar-refractivity contribution in [1.82, 2.24) is 10.1 Å². The summed E-state index contributed by atoms with van der Waals surface area (Å²) in [5.41, 5.74) is 7.08. The number of rotatable bonds is 2. The van der Waals surface area contributed by atoms with E-state index in [4.69, 9.17) is 21.9 Å². The minimum Gasteiger partial charge on any atom is -0.398 e. The Morgan fingerprint density at radius 3 is 3.06 bits per heavy atom. The van der Waals surface area contributed by atoms with Gasteiger partial charge in [0.15, 0.2) is 5.82 Å². The lowest BCUT2D eigenvalue weighted by Gasteiger charge is -2.00. The fourth-order valence-corrected chi connectivity index (χ4v) is 3.25. The molecule has 6 heteroatoms. The van der Waals surface area contributed by atoms with Crippen LogP contribution in [-0.2, 0) is 0 Å². The summed E-state index contributed by atoms with van der Waals surface area (Å²) in [6.45, 7) is 0. The van der Waals surface area contributed by atoms with E-state index in [0.717, 1.165) is 17.8 Å². The van der Waals surface area contributed by atoms with Crippen LogP contribution in [0, 0.1) is 0 Å². The van der Waals surface area contributed by atoms with Crippen LogP contribution in [0.4, 0.5) is 5.69 Å². The number of nitrogens with zero attached hydrogens (tertiary/aromatic N) is 2. The van der Waals surface area contributed by atoms with E-state index in [-0.39, 0.29) is 0 Å². The molecule has 1 aromatic heterocycles. The van der Waals surface area contributed by atoms with Gasteiger partial charge in [-0.05, 0) is 36.8 Å². The molecule has 1 fully saturated rings. The fourth-order valence-electron chi connectivity index (χ4n) is 1.94. The van der Waals surface area contributed by atoms with Crippen LogP contribution in [0.2, 0.25) is 5.02 Å². The molecule has 2 heterocycles. The number of hydrogen-bond donors (Lipinski definition) is 1. The smallest absolute Gasteiger partial charge is 0.258 e. The van der Waals surface area contributed by atoms with Crippen LogP contribution in [0.3, 0.4) is 0 Å². The third-order valence-electron chi connectivity index (χ3n) is 2.90. The zero-order chi connectivity index (χ0) is 12.5. The van der Waals surface area contributed by atoms with Crippen molar-refractivity contribution in [2.24, 2.45) is 0 Å². The largest absolute Gasteiger partial charge is 0.398 e. The van der Waals surface area contributed by atoms with Gasteiger partial charge in [0, 0.05) is 5.56 Å². The molecule has 18 heavy (non-hydrogen) atoms. The number of thioether (sulfide) groups is 1. The van der Waals surface area contributed by atoms with Gasteiger partial charge in [-0.2, -0.15) is 16.7 Å². The van der Waals surface area contributed by atoms with Crippen LogP contribution in [0.5, 0.6) is 0 Å². The molecule has 4 nitrogen and oxygen atoms in total. The van der Waals surface area contributed by atoms with Crippen molar-refractivity contribution in [3.05, 3.63) is 29.0 Å². The molecule has 1 aliphatic rings. The van der Waals surface area contributed by atoms with E-state index in [9.17, 15) is 0 Å². The molecule has 0 saturated carbocycles. The summed E-state index contributed by atoms with van der Waals surface area (Å²) in [5, 5.41) is 4.95. The first kappa shape index (κ1) is 11.9. The Balaban J connectivity index is 1.89. The van der Waals surface area contributed by atoms with Gasteiger partial charge in [-0.1, -0.05) is 16.8 Å². The zero-order valence-electron chi connectivity index (χ0n) is 9.60. The Bertz CT molecular complexity index is 566. The van der Waals surface area contributed by atoms with Gasteiger partial charge in [-0.15, -0.1) is 0 Å². The molecule has 3 rings (SSSR count). The quantitative estimate of drug-likeness (QED) is 0.853. The first-order valence-corrected chi connectivity index (χ1v) is 7.17. The fraction of sp³-hybridized carbons (Fsp3) is 0.333. The van der Waals surface area contributed by atoms with Crippen LogP contribution >= 0.6 is 23.4 Å². The Hall–Kier alpha value is -1.20. The molecule has 2 N–H and O–H groups in total. The van der Waals surface area contributed by atoms with Gasteiger partial charge in [-0.25, -0.2) is 0 Å². The van der Waals surface area contributed by atoms with Gasteiger partial charge in [0.1, 0.15) is 0 Å². The molecule has 94 valence electrons. The van der Waals surface area contributed by atoms with Crippen molar-refractivity contribution < 1.29 is 4.52 Å². The Morgan fingerprint density at radius 2 is 2.33 bits per heavy atom. The molecule has 1 aliphatic heterocycles. The second-order valence-electron chi connectivity index (χ2n) is 4.20. The summed E-state index contributed by atoms with van der Waals surface area (Å²) in [4.78, 5) is 4.44. The van der Waals surface area contributed by atoms with E-state index in [1.54, 1.807) is 12.1 Å². The summed E-state index contributed by atoms with van der Waals surface area (Å²) in [6.07, 6.45) is 2.33. The maximum absolute atomic E-state index is 5.88. The molecule has 2 aromatic rings. The highest BCUT2D eigenvalue weighted by atomic mass is 35.5. The Labute approximate surface area is 114 Å². The summed E-state index contributed by atoms with van der Waals surface area (Å²) in [5.74, 6) is 2.45. The molecule has 0 spiro atoms. The highest BCUT2D eigenvalue weighted by molar-refractivity contribution is 7.99. The van der Waals surface area contributed by atoms with E-state index < -0.39 is 0 Å². The van der Waals surface area contributed by atoms with Crippen LogP contribution in [0.15, 0.2) is 22.7 Å². The highest BCUT2D eigenvalue weighted by Crippen LogP contribution is 2.39. The van der Waals surface area contributed by atoms with Crippen LogP contribution in [-0.4, -0.2) is 15.9 Å². The van der Waals surface area contributed by atoms with Crippen LogP contribution in [0.25, 0.3) is 11.5 Å². The molecular formula is C12H12ClN3OS. The van der Waals surface area contributed by atoms with E-state index in [0.29, 0.717) is 21.9 Å². The molecule has 0 radical (unpaired) electrons. The number of hydrogen-bond acceptors (Lipinski definition) is 5. The third kappa shape index (κ3) is 2.20. The topological polar surface area (TPSA) is 64.9 Å². The lowest BCUT2D eigenvalue weighted by Crippen LogP contribution is -1.91. The van der Waals surface area contributed by atoms with Gasteiger partial charge in [0.2, 0.25) is 0 Å². The minimum absolute atomic E-state index is 0.368. The van der Waals surface area contributed by atoms with Crippen molar-refractivity contribution >= 4 is 29.1 Å². The predicted octanol–water partition coefficient (Wildman–Crippen LogP) is 3.54. The van der Waals surface area contributed by atoms with E-state index >= 15 is 0 Å². The number of halogens is 1. The van der Waals surface area contributed by atoms with Crippen LogP contribution < -0.4 is 5.73 Å². The molecule has 0 amide bonds. The van der Waals surface area contributed by atoms with Crippen molar-refractivity contribution in [1.29, 1.82) is 0 Å². The average Bonchev–Trinajstić information content (AvgIpc) is 3.01. The summed E-state index contributed by atoms with van der Waals surface area (Å²) in [7, 11) is 0. The maximum atomic E-state index is 5.88. The molecule has 1 aromatic carbocycles. The van der Waals surface area contributed by atoms with Gasteiger partial charge < -0.3 is 10.3 Å². The van der Waals surface area contributed by atoms with Crippen LogP contribution in [0.1, 0.15) is 23.9 Å². The average molecular weight is 282 g/mol. The number of nitrogen functional groups attached to an aromatic ring is 1. The van der Waals surface area contributed by atoms with E-state index in [1.807, 2.05) is 17.8 Å². The number of anilines is 1. The zero-order valence-corrected chi connectivity index (χ0v) is 11.2. The number of nitrogens with two attached hydrogens (primary N) is 1. The summed E-state index contributed by atoms with van der Waals surface area (Å²) >= 11 is 7.76. The van der Waals surface area contributed by atoms with Gasteiger partial charge in [0.25, 0.3) is 5.89 Å². The molecule has 0 bridgehead atoms. The Kier molecular flexibility index (Phi) is 3.18. The minimum atomic E-state index is 0.368. The molecular weight excluding hydrogens is 270 g/mol. The lowest BCUT2D eigenvalue weighted by molar-refractivity contribution is 0.421. The first-order valence-electron chi connectivity index (χ1n) is 5.74. The van der Waals surface area contributed by atoms with E-state index in [2.05, 4.69) is 10.1 Å². The number of benzene rings is 1. The second-order valence-corrected chi connectivity index (χ2v) is 5.91. The first-order chi connectivity index (χ1) is 8.74. The monoisotopic (exact) mass is 281 g/mol. The molecule has 0 aliphatic carbocycles. The van der Waals surface area contributed by atoms with Gasteiger partial charge >= 0.3 is 0 Å². The summed E-state index contributed by atoms with van der Waals surface area (Å²) < 4.78 is 5.28. The van der Waals surface area contributed by atoms with Gasteiger partial charge in [0.05, 0.1) is 16.0 Å². The highest BCUT2D eigenvalue weighted by Gasteiger charge is 2.23. The second kappa shape index (κ2) is 4.82. The normalized spacial score (nSPS) is 19.3.